The van der Waals surface area contributed by atoms with Gasteiger partial charge in [-0.3, -0.25) is 4.79 Å². The van der Waals surface area contributed by atoms with Gasteiger partial charge in [0, 0.05) is 12.0 Å². The first-order chi connectivity index (χ1) is 8.28. The molecule has 1 aliphatic rings. The van der Waals surface area contributed by atoms with Crippen molar-refractivity contribution in [2.45, 2.75) is 39.3 Å². The number of halogens is 3. The minimum atomic E-state index is -4.33. The van der Waals surface area contributed by atoms with Gasteiger partial charge in [-0.15, -0.1) is 0 Å². The lowest BCUT2D eigenvalue weighted by molar-refractivity contribution is -0.168. The third-order valence-corrected chi connectivity index (χ3v) is 3.37. The average molecular weight is 266 g/mol. The SMILES string of the molecule is CCCN(CC(F)(F)F)C(=O)C1(C)CCNCC1. The predicted octanol–water partition coefficient (Wildman–Crippen LogP) is 2.18. The van der Waals surface area contributed by atoms with E-state index in [4.69, 9.17) is 0 Å². The van der Waals surface area contributed by atoms with E-state index in [0.29, 0.717) is 32.4 Å². The Bertz CT molecular complexity index is 286. The molecule has 0 spiro atoms. The van der Waals surface area contributed by atoms with Crippen LogP contribution in [0.4, 0.5) is 13.2 Å². The maximum atomic E-state index is 12.5. The number of alkyl halides is 3. The van der Waals surface area contributed by atoms with Gasteiger partial charge < -0.3 is 10.2 Å². The molecule has 1 saturated heterocycles. The third-order valence-electron chi connectivity index (χ3n) is 3.37. The van der Waals surface area contributed by atoms with Crippen LogP contribution in [0.1, 0.15) is 33.1 Å². The molecule has 0 atom stereocenters. The zero-order valence-electron chi connectivity index (χ0n) is 10.9. The third kappa shape index (κ3) is 4.15. The van der Waals surface area contributed by atoms with E-state index in [1.807, 2.05) is 0 Å². The van der Waals surface area contributed by atoms with Crippen molar-refractivity contribution in [3.05, 3.63) is 0 Å². The van der Waals surface area contributed by atoms with Crippen LogP contribution in [0.3, 0.4) is 0 Å². The van der Waals surface area contributed by atoms with Crippen molar-refractivity contribution in [2.24, 2.45) is 5.41 Å². The van der Waals surface area contributed by atoms with E-state index < -0.39 is 18.1 Å². The van der Waals surface area contributed by atoms with Crippen LogP contribution in [0.25, 0.3) is 0 Å². The van der Waals surface area contributed by atoms with Gasteiger partial charge in [0.05, 0.1) is 0 Å². The second-order valence-electron chi connectivity index (χ2n) is 5.15. The minimum Gasteiger partial charge on any atom is -0.333 e. The number of carbonyl (C=O) groups is 1. The number of carbonyl (C=O) groups excluding carboxylic acids is 1. The molecule has 1 N–H and O–H groups in total. The van der Waals surface area contributed by atoms with E-state index in [0.717, 1.165) is 4.90 Å². The lowest BCUT2D eigenvalue weighted by Gasteiger charge is -2.37. The number of nitrogens with zero attached hydrogens (tertiary/aromatic N) is 1. The normalized spacial score (nSPS) is 19.6. The molecule has 1 rings (SSSR count). The van der Waals surface area contributed by atoms with E-state index in [1.165, 1.54) is 0 Å². The zero-order valence-corrected chi connectivity index (χ0v) is 10.9. The highest BCUT2D eigenvalue weighted by Crippen LogP contribution is 2.31. The zero-order chi connectivity index (χ0) is 13.8. The molecule has 106 valence electrons. The summed E-state index contributed by atoms with van der Waals surface area (Å²) in [7, 11) is 0. The summed E-state index contributed by atoms with van der Waals surface area (Å²) in [6, 6.07) is 0. The molecule has 1 aliphatic heterocycles. The molecule has 0 aromatic rings. The van der Waals surface area contributed by atoms with Gasteiger partial charge in [0.1, 0.15) is 6.54 Å². The smallest absolute Gasteiger partial charge is 0.333 e. The van der Waals surface area contributed by atoms with Crippen LogP contribution in [0.5, 0.6) is 0 Å². The van der Waals surface area contributed by atoms with Crippen molar-refractivity contribution in [2.75, 3.05) is 26.2 Å². The van der Waals surface area contributed by atoms with Gasteiger partial charge in [0.25, 0.3) is 0 Å². The maximum absolute atomic E-state index is 12.5. The van der Waals surface area contributed by atoms with Crippen LogP contribution in [0, 0.1) is 5.41 Å². The highest BCUT2D eigenvalue weighted by molar-refractivity contribution is 5.82. The predicted molar refractivity (Wildman–Crippen MR) is 63.1 cm³/mol. The molecule has 0 unspecified atom stereocenters. The highest BCUT2D eigenvalue weighted by Gasteiger charge is 2.41. The topological polar surface area (TPSA) is 32.3 Å². The van der Waals surface area contributed by atoms with Crippen molar-refractivity contribution >= 4 is 5.91 Å². The van der Waals surface area contributed by atoms with E-state index in [9.17, 15) is 18.0 Å². The Morgan fingerprint density at radius 2 is 1.89 bits per heavy atom. The molecule has 3 nitrogen and oxygen atoms in total. The molecule has 0 bridgehead atoms. The van der Waals surface area contributed by atoms with Gasteiger partial charge in [-0.05, 0) is 32.4 Å². The fraction of sp³-hybridized carbons (Fsp3) is 0.917. The Balaban J connectivity index is 2.74. The fourth-order valence-electron chi connectivity index (χ4n) is 2.31. The highest BCUT2D eigenvalue weighted by atomic mass is 19.4. The Labute approximate surface area is 106 Å². The summed E-state index contributed by atoms with van der Waals surface area (Å²) in [6.07, 6.45) is -2.59. The number of nitrogens with one attached hydrogen (secondary N) is 1. The first-order valence-electron chi connectivity index (χ1n) is 6.35. The quantitative estimate of drug-likeness (QED) is 0.846. The van der Waals surface area contributed by atoms with E-state index in [2.05, 4.69) is 5.32 Å². The lowest BCUT2D eigenvalue weighted by atomic mass is 9.79. The van der Waals surface area contributed by atoms with Gasteiger partial charge in [0.2, 0.25) is 5.91 Å². The number of piperidine rings is 1. The first kappa shape index (κ1) is 15.3. The van der Waals surface area contributed by atoms with E-state index in [-0.39, 0.29) is 12.5 Å². The Hall–Kier alpha value is -0.780. The molecule has 18 heavy (non-hydrogen) atoms. The van der Waals surface area contributed by atoms with Crippen molar-refractivity contribution in [1.82, 2.24) is 10.2 Å². The molecule has 1 heterocycles. The van der Waals surface area contributed by atoms with Gasteiger partial charge >= 0.3 is 6.18 Å². The molecule has 6 heteroatoms. The summed E-state index contributed by atoms with van der Waals surface area (Å²) >= 11 is 0. The molecule has 0 aromatic carbocycles. The standard InChI is InChI=1S/C12H21F3N2O/c1-3-8-17(9-12(13,14)15)10(18)11(2)4-6-16-7-5-11/h16H,3-9H2,1-2H3. The average Bonchev–Trinajstić information content (AvgIpc) is 2.27. The van der Waals surface area contributed by atoms with Crippen LogP contribution in [0.15, 0.2) is 0 Å². The lowest BCUT2D eigenvalue weighted by Crippen LogP contribution is -2.50. The summed E-state index contributed by atoms with van der Waals surface area (Å²) in [6.45, 7) is 3.96. The van der Waals surface area contributed by atoms with Gasteiger partial charge in [0.15, 0.2) is 0 Å². The van der Waals surface area contributed by atoms with Crippen LogP contribution in [-0.2, 0) is 4.79 Å². The van der Waals surface area contributed by atoms with Crippen molar-refractivity contribution in [1.29, 1.82) is 0 Å². The van der Waals surface area contributed by atoms with Gasteiger partial charge in [-0.2, -0.15) is 13.2 Å². The van der Waals surface area contributed by atoms with Crippen molar-refractivity contribution in [3.8, 4) is 0 Å². The summed E-state index contributed by atoms with van der Waals surface area (Å²) in [5.41, 5.74) is -0.647. The number of amides is 1. The number of hydrogen-bond acceptors (Lipinski definition) is 2. The number of rotatable bonds is 4. The van der Waals surface area contributed by atoms with Crippen molar-refractivity contribution < 1.29 is 18.0 Å². The summed E-state index contributed by atoms with van der Waals surface area (Å²) in [5.74, 6) is -0.358. The molecule has 1 amide bonds. The largest absolute Gasteiger partial charge is 0.406 e. The van der Waals surface area contributed by atoms with Crippen molar-refractivity contribution in [3.63, 3.8) is 0 Å². The van der Waals surface area contributed by atoms with Crippen LogP contribution in [0.2, 0.25) is 0 Å². The van der Waals surface area contributed by atoms with Gasteiger partial charge in [-0.25, -0.2) is 0 Å². The number of hydrogen-bond donors (Lipinski definition) is 1. The summed E-state index contributed by atoms with van der Waals surface area (Å²) < 4.78 is 37.4. The maximum Gasteiger partial charge on any atom is 0.406 e. The Morgan fingerprint density at radius 1 is 1.33 bits per heavy atom. The van der Waals surface area contributed by atoms with E-state index >= 15 is 0 Å². The molecule has 0 aromatic heterocycles. The molecule has 0 radical (unpaired) electrons. The van der Waals surface area contributed by atoms with Gasteiger partial charge in [-0.1, -0.05) is 13.8 Å². The monoisotopic (exact) mass is 266 g/mol. The molecular weight excluding hydrogens is 245 g/mol. The molecule has 0 aliphatic carbocycles. The second-order valence-corrected chi connectivity index (χ2v) is 5.15. The first-order valence-corrected chi connectivity index (χ1v) is 6.35. The fourth-order valence-corrected chi connectivity index (χ4v) is 2.31. The summed E-state index contributed by atoms with van der Waals surface area (Å²) in [5, 5.41) is 3.12. The summed E-state index contributed by atoms with van der Waals surface area (Å²) in [4.78, 5) is 13.2. The van der Waals surface area contributed by atoms with Crippen LogP contribution < -0.4 is 5.32 Å². The minimum absolute atomic E-state index is 0.168. The molecule has 0 saturated carbocycles. The van der Waals surface area contributed by atoms with Crippen LogP contribution in [-0.4, -0.2) is 43.2 Å². The van der Waals surface area contributed by atoms with Crippen LogP contribution >= 0.6 is 0 Å². The Morgan fingerprint density at radius 3 is 2.33 bits per heavy atom. The molecular formula is C12H21F3N2O. The molecule has 1 fully saturated rings. The second kappa shape index (κ2) is 5.91. The van der Waals surface area contributed by atoms with E-state index in [1.54, 1.807) is 13.8 Å². The Kier molecular flexibility index (Phi) is 5.01.